The molecule has 0 aliphatic carbocycles. The zero-order valence-corrected chi connectivity index (χ0v) is 22.3. The third kappa shape index (κ3) is 5.32. The van der Waals surface area contributed by atoms with Crippen LogP contribution < -0.4 is 4.74 Å². The van der Waals surface area contributed by atoms with Gasteiger partial charge < -0.3 is 14.4 Å². The molecule has 0 atom stereocenters. The number of hydrogen-bond acceptors (Lipinski definition) is 5. The van der Waals surface area contributed by atoms with Gasteiger partial charge in [-0.2, -0.15) is 5.10 Å². The first-order valence-electron chi connectivity index (χ1n) is 12.3. The normalized spacial score (nSPS) is 14.6. The van der Waals surface area contributed by atoms with Crippen LogP contribution in [0.4, 0.5) is 8.78 Å². The summed E-state index contributed by atoms with van der Waals surface area (Å²) >= 11 is 0. The number of carbonyl (C=O) groups is 2. The minimum atomic E-state index is -1.12. The Kier molecular flexibility index (Phi) is 7.40. The lowest BCUT2D eigenvalue weighted by atomic mass is 9.82. The van der Waals surface area contributed by atoms with Crippen LogP contribution in [0.15, 0.2) is 48.7 Å². The van der Waals surface area contributed by atoms with Crippen molar-refractivity contribution in [1.82, 2.24) is 14.7 Å². The smallest absolute Gasteiger partial charge is 0.342 e. The molecule has 0 unspecified atom stereocenters. The highest BCUT2D eigenvalue weighted by Crippen LogP contribution is 2.38. The van der Waals surface area contributed by atoms with E-state index in [1.807, 2.05) is 45.0 Å². The Labute approximate surface area is 220 Å². The van der Waals surface area contributed by atoms with E-state index in [1.54, 1.807) is 25.6 Å². The van der Waals surface area contributed by atoms with E-state index in [-0.39, 0.29) is 17.7 Å². The summed E-state index contributed by atoms with van der Waals surface area (Å²) in [5.41, 5.74) is 2.48. The molecule has 0 spiro atoms. The van der Waals surface area contributed by atoms with Crippen molar-refractivity contribution < 1.29 is 27.8 Å². The molecule has 4 rings (SSSR count). The van der Waals surface area contributed by atoms with Gasteiger partial charge in [0.15, 0.2) is 11.6 Å². The molecular formula is C29H31F2N3O4. The van der Waals surface area contributed by atoms with Crippen LogP contribution in [0, 0.1) is 18.6 Å². The average Bonchev–Trinajstić information content (AvgIpc) is 3.11. The molecule has 1 aliphatic rings. The first-order chi connectivity index (χ1) is 17.9. The summed E-state index contributed by atoms with van der Waals surface area (Å²) in [5.74, 6) is -2.63. The first kappa shape index (κ1) is 27.0. The molecule has 3 aromatic rings. The van der Waals surface area contributed by atoms with E-state index >= 15 is 0 Å². The van der Waals surface area contributed by atoms with Crippen molar-refractivity contribution in [3.63, 3.8) is 0 Å². The fourth-order valence-electron chi connectivity index (χ4n) is 4.80. The Balaban J connectivity index is 1.86. The van der Waals surface area contributed by atoms with E-state index in [0.29, 0.717) is 17.9 Å². The van der Waals surface area contributed by atoms with Crippen molar-refractivity contribution in [2.45, 2.75) is 52.7 Å². The van der Waals surface area contributed by atoms with E-state index in [9.17, 15) is 18.4 Å². The number of carbonyl (C=O) groups excluding carboxylic acids is 2. The number of amides is 1. The Morgan fingerprint density at radius 3 is 2.37 bits per heavy atom. The van der Waals surface area contributed by atoms with Crippen LogP contribution in [-0.4, -0.2) is 46.3 Å². The van der Waals surface area contributed by atoms with Crippen LogP contribution in [0.25, 0.3) is 5.57 Å². The molecule has 0 fully saturated rings. The summed E-state index contributed by atoms with van der Waals surface area (Å²) in [4.78, 5) is 28.3. The van der Waals surface area contributed by atoms with Crippen molar-refractivity contribution in [3.8, 4) is 5.75 Å². The van der Waals surface area contributed by atoms with Gasteiger partial charge >= 0.3 is 5.97 Å². The maximum atomic E-state index is 14.0. The minimum absolute atomic E-state index is 0.0323. The van der Waals surface area contributed by atoms with Gasteiger partial charge in [0.2, 0.25) is 0 Å². The van der Waals surface area contributed by atoms with E-state index in [1.165, 1.54) is 17.2 Å². The minimum Gasteiger partial charge on any atom is -0.497 e. The number of nitrogens with zero attached hydrogens (tertiary/aromatic N) is 3. The van der Waals surface area contributed by atoms with Gasteiger partial charge in [-0.1, -0.05) is 26.0 Å². The van der Waals surface area contributed by atoms with Crippen molar-refractivity contribution in [3.05, 3.63) is 88.4 Å². The molecule has 2 aromatic carbocycles. The summed E-state index contributed by atoms with van der Waals surface area (Å²) in [5, 5.41) is 4.77. The lowest BCUT2D eigenvalue weighted by molar-refractivity contribution is -0.140. The second kappa shape index (κ2) is 10.4. The molecule has 1 aromatic heterocycles. The van der Waals surface area contributed by atoms with E-state index in [2.05, 4.69) is 0 Å². The van der Waals surface area contributed by atoms with Gasteiger partial charge in [0, 0.05) is 29.3 Å². The van der Waals surface area contributed by atoms with Gasteiger partial charge in [-0.3, -0.25) is 9.48 Å². The molecule has 7 nitrogen and oxygen atoms in total. The third-order valence-electron chi connectivity index (χ3n) is 6.39. The quantitative estimate of drug-likeness (QED) is 0.413. The third-order valence-corrected chi connectivity index (χ3v) is 6.39. The van der Waals surface area contributed by atoms with Gasteiger partial charge in [0.1, 0.15) is 11.3 Å². The predicted molar refractivity (Wildman–Crippen MR) is 139 cm³/mol. The van der Waals surface area contributed by atoms with Gasteiger partial charge in [0.25, 0.3) is 5.91 Å². The summed E-state index contributed by atoms with van der Waals surface area (Å²) in [6, 6.07) is 10.5. The maximum Gasteiger partial charge on any atom is 0.342 e. The lowest BCUT2D eigenvalue weighted by Crippen LogP contribution is -2.37. The zero-order chi connectivity index (χ0) is 27.8. The Morgan fingerprint density at radius 1 is 1.08 bits per heavy atom. The van der Waals surface area contributed by atoms with E-state index < -0.39 is 35.0 Å². The topological polar surface area (TPSA) is 73.7 Å². The fraction of sp³-hybridized carbons (Fsp3) is 0.345. The number of aryl methyl sites for hydroxylation is 1. The van der Waals surface area contributed by atoms with Crippen molar-refractivity contribution in [2.24, 2.45) is 0 Å². The number of esters is 1. The maximum absolute atomic E-state index is 14.0. The molecule has 0 saturated carbocycles. The van der Waals surface area contributed by atoms with Crippen LogP contribution >= 0.6 is 0 Å². The van der Waals surface area contributed by atoms with Gasteiger partial charge in [0.05, 0.1) is 31.1 Å². The summed E-state index contributed by atoms with van der Waals surface area (Å²) in [6.07, 6.45) is 1.03. The number of methoxy groups -OCH3 is 1. The number of benzene rings is 2. The molecule has 1 amide bonds. The zero-order valence-electron chi connectivity index (χ0n) is 22.3. The van der Waals surface area contributed by atoms with Crippen LogP contribution in [0.3, 0.4) is 0 Å². The molecule has 0 N–H and O–H groups in total. The largest absolute Gasteiger partial charge is 0.497 e. The number of ether oxygens (including phenoxy) is 2. The molecule has 38 heavy (non-hydrogen) atoms. The molecule has 0 radical (unpaired) electrons. The van der Waals surface area contributed by atoms with E-state index in [0.717, 1.165) is 29.0 Å². The number of rotatable bonds is 6. The van der Waals surface area contributed by atoms with Gasteiger partial charge in [-0.15, -0.1) is 0 Å². The molecule has 9 heteroatoms. The lowest BCUT2D eigenvalue weighted by Gasteiger charge is -2.29. The second-order valence-electron chi connectivity index (χ2n) is 10.3. The summed E-state index contributed by atoms with van der Waals surface area (Å²) in [7, 11) is 1.60. The first-order valence-corrected chi connectivity index (χ1v) is 12.3. The highest BCUT2D eigenvalue weighted by Gasteiger charge is 2.39. The number of hydrogen-bond donors (Lipinski definition) is 0. The SMILES string of the molecule is COc1ccc(Cn2nc(C)c3c2C(C(=O)OC(C)C)=CN(C(=O)c2ccc(F)c(F)c2)CC3(C)C)cc1. The summed E-state index contributed by atoms with van der Waals surface area (Å²) in [6.45, 7) is 9.78. The fourth-order valence-corrected chi connectivity index (χ4v) is 4.80. The highest BCUT2D eigenvalue weighted by molar-refractivity contribution is 6.17. The average molecular weight is 524 g/mol. The monoisotopic (exact) mass is 523 g/mol. The second-order valence-corrected chi connectivity index (χ2v) is 10.3. The number of halogens is 2. The molecule has 0 bridgehead atoms. The predicted octanol–water partition coefficient (Wildman–Crippen LogP) is 5.25. The Hall–Kier alpha value is -4.01. The van der Waals surface area contributed by atoms with Crippen LogP contribution in [0.1, 0.15) is 60.6 Å². The van der Waals surface area contributed by atoms with Crippen molar-refractivity contribution in [2.75, 3.05) is 13.7 Å². The molecular weight excluding hydrogens is 492 g/mol. The van der Waals surface area contributed by atoms with Crippen molar-refractivity contribution >= 4 is 17.4 Å². The van der Waals surface area contributed by atoms with E-state index in [4.69, 9.17) is 14.6 Å². The molecule has 0 saturated heterocycles. The number of aromatic nitrogens is 2. The van der Waals surface area contributed by atoms with Crippen molar-refractivity contribution in [1.29, 1.82) is 0 Å². The Bertz CT molecular complexity index is 1410. The van der Waals surface area contributed by atoms with Crippen LogP contribution in [0.5, 0.6) is 5.75 Å². The van der Waals surface area contributed by atoms with Crippen LogP contribution in [-0.2, 0) is 21.5 Å². The van der Waals surface area contributed by atoms with Gasteiger partial charge in [-0.25, -0.2) is 13.6 Å². The number of fused-ring (bicyclic) bond motifs is 1. The molecule has 2 heterocycles. The Morgan fingerprint density at radius 2 is 1.76 bits per heavy atom. The van der Waals surface area contributed by atoms with Crippen LogP contribution in [0.2, 0.25) is 0 Å². The highest BCUT2D eigenvalue weighted by atomic mass is 19.2. The standard InChI is InChI=1S/C29H31F2N3O4/c1-17(2)38-28(36)22-15-33(27(35)20-9-12-23(30)24(31)13-20)16-29(4,5)25-18(3)32-34(26(22)25)14-19-7-10-21(37-6)11-8-19/h7-13,15,17H,14,16H2,1-6H3. The summed E-state index contributed by atoms with van der Waals surface area (Å²) < 4.78 is 40.1. The molecule has 1 aliphatic heterocycles. The van der Waals surface area contributed by atoms with Gasteiger partial charge in [-0.05, 0) is 56.7 Å². The molecule has 200 valence electrons.